The summed E-state index contributed by atoms with van der Waals surface area (Å²) >= 11 is 0. The summed E-state index contributed by atoms with van der Waals surface area (Å²) < 4.78 is 0. The van der Waals surface area contributed by atoms with Crippen LogP contribution in [0.3, 0.4) is 0 Å². The van der Waals surface area contributed by atoms with Crippen molar-refractivity contribution in [2.75, 3.05) is 25.1 Å². The zero-order chi connectivity index (χ0) is 11.8. The average Bonchev–Trinajstić information content (AvgIpc) is 2.60. The second-order valence-corrected chi connectivity index (χ2v) is 5.63. The third-order valence-electron chi connectivity index (χ3n) is 3.38. The fourth-order valence-corrected chi connectivity index (χ4v) is 2.34. The highest BCUT2D eigenvalue weighted by Gasteiger charge is 2.20. The molecule has 1 heterocycles. The Labute approximate surface area is 97.9 Å². The van der Waals surface area contributed by atoms with Crippen LogP contribution in [0.15, 0.2) is 18.2 Å². The van der Waals surface area contributed by atoms with Gasteiger partial charge in [-0.3, -0.25) is 0 Å². The molecule has 1 aromatic rings. The van der Waals surface area contributed by atoms with E-state index >= 15 is 0 Å². The highest BCUT2D eigenvalue weighted by molar-refractivity contribution is 5.58. The van der Waals surface area contributed by atoms with E-state index in [1.54, 1.807) is 0 Å². The van der Waals surface area contributed by atoms with E-state index in [1.165, 1.54) is 16.8 Å². The molecule has 2 rings (SSSR count). The van der Waals surface area contributed by atoms with Gasteiger partial charge >= 0.3 is 0 Å². The highest BCUT2D eigenvalue weighted by Crippen LogP contribution is 2.29. The topological polar surface area (TPSA) is 23.5 Å². The lowest BCUT2D eigenvalue weighted by Crippen LogP contribution is -2.19. The van der Waals surface area contributed by atoms with E-state index < -0.39 is 0 Å². The standard InChI is InChI=1S/C14H21NO/c1-14(2,10-16)9-11-4-5-13-12(8-11)6-7-15(13)3/h4-5,8,16H,6-7,9-10H2,1-3H3. The van der Waals surface area contributed by atoms with Gasteiger partial charge in [-0.25, -0.2) is 0 Å². The quantitative estimate of drug-likeness (QED) is 0.842. The molecule has 0 saturated heterocycles. The van der Waals surface area contributed by atoms with E-state index in [1.807, 2.05) is 0 Å². The molecule has 0 fully saturated rings. The van der Waals surface area contributed by atoms with Gasteiger partial charge in [0.15, 0.2) is 0 Å². The van der Waals surface area contributed by atoms with Crippen molar-refractivity contribution in [3.05, 3.63) is 29.3 Å². The number of fused-ring (bicyclic) bond motifs is 1. The number of hydrogen-bond donors (Lipinski definition) is 1. The van der Waals surface area contributed by atoms with Gasteiger partial charge in [-0.2, -0.15) is 0 Å². The van der Waals surface area contributed by atoms with Crippen LogP contribution in [0, 0.1) is 5.41 Å². The molecule has 1 aliphatic rings. The first-order chi connectivity index (χ1) is 7.52. The smallest absolute Gasteiger partial charge is 0.0485 e. The summed E-state index contributed by atoms with van der Waals surface area (Å²) in [6, 6.07) is 6.71. The van der Waals surface area contributed by atoms with Crippen molar-refractivity contribution in [2.45, 2.75) is 26.7 Å². The molecule has 0 amide bonds. The second kappa shape index (κ2) is 4.10. The Hall–Kier alpha value is -1.02. The van der Waals surface area contributed by atoms with Gasteiger partial charge in [0.2, 0.25) is 0 Å². The molecule has 16 heavy (non-hydrogen) atoms. The van der Waals surface area contributed by atoms with Crippen molar-refractivity contribution in [1.29, 1.82) is 0 Å². The van der Waals surface area contributed by atoms with Crippen molar-refractivity contribution < 1.29 is 5.11 Å². The zero-order valence-electron chi connectivity index (χ0n) is 10.5. The molecule has 0 bridgehead atoms. The van der Waals surface area contributed by atoms with E-state index in [4.69, 9.17) is 0 Å². The molecule has 0 aliphatic carbocycles. The molecule has 1 N–H and O–H groups in total. The zero-order valence-corrected chi connectivity index (χ0v) is 10.5. The SMILES string of the molecule is CN1CCc2cc(CC(C)(C)CO)ccc21. The largest absolute Gasteiger partial charge is 0.396 e. The van der Waals surface area contributed by atoms with Crippen LogP contribution in [-0.4, -0.2) is 25.3 Å². The maximum atomic E-state index is 9.28. The molecule has 1 aliphatic heterocycles. The lowest BCUT2D eigenvalue weighted by Gasteiger charge is -2.22. The molecule has 2 nitrogen and oxygen atoms in total. The van der Waals surface area contributed by atoms with Gasteiger partial charge in [-0.15, -0.1) is 0 Å². The monoisotopic (exact) mass is 219 g/mol. The van der Waals surface area contributed by atoms with Crippen LogP contribution in [0.25, 0.3) is 0 Å². The summed E-state index contributed by atoms with van der Waals surface area (Å²) in [5.41, 5.74) is 4.14. The summed E-state index contributed by atoms with van der Waals surface area (Å²) in [6.45, 7) is 5.57. The summed E-state index contributed by atoms with van der Waals surface area (Å²) in [5.74, 6) is 0. The van der Waals surface area contributed by atoms with E-state index in [-0.39, 0.29) is 12.0 Å². The van der Waals surface area contributed by atoms with Crippen molar-refractivity contribution in [2.24, 2.45) is 5.41 Å². The number of benzene rings is 1. The summed E-state index contributed by atoms with van der Waals surface area (Å²) in [6.07, 6.45) is 2.10. The van der Waals surface area contributed by atoms with Crippen molar-refractivity contribution in [3.63, 3.8) is 0 Å². The van der Waals surface area contributed by atoms with Crippen molar-refractivity contribution >= 4 is 5.69 Å². The van der Waals surface area contributed by atoms with Crippen LogP contribution in [0.2, 0.25) is 0 Å². The molecule has 0 radical (unpaired) electrons. The summed E-state index contributed by atoms with van der Waals surface area (Å²) in [4.78, 5) is 2.30. The van der Waals surface area contributed by atoms with Gasteiger partial charge in [0.1, 0.15) is 0 Å². The minimum atomic E-state index is -0.0151. The Morgan fingerprint density at radius 2 is 2.12 bits per heavy atom. The predicted molar refractivity (Wildman–Crippen MR) is 68.0 cm³/mol. The van der Waals surface area contributed by atoms with Gasteiger partial charge in [-0.05, 0) is 35.4 Å². The van der Waals surface area contributed by atoms with E-state index in [2.05, 4.69) is 44.0 Å². The number of rotatable bonds is 3. The number of hydrogen-bond acceptors (Lipinski definition) is 2. The fourth-order valence-electron chi connectivity index (χ4n) is 2.34. The van der Waals surface area contributed by atoms with Gasteiger partial charge in [0, 0.05) is 25.9 Å². The summed E-state index contributed by atoms with van der Waals surface area (Å²) in [5, 5.41) is 9.28. The first kappa shape index (κ1) is 11.5. The molecule has 88 valence electrons. The molecule has 0 unspecified atom stereocenters. The van der Waals surface area contributed by atoms with E-state index in [0.29, 0.717) is 0 Å². The molecule has 0 spiro atoms. The average molecular weight is 219 g/mol. The Kier molecular flexibility index (Phi) is 2.94. The van der Waals surface area contributed by atoms with E-state index in [0.717, 1.165) is 19.4 Å². The molecular formula is C14H21NO. The number of likely N-dealkylation sites (N-methyl/N-ethyl adjacent to an activating group) is 1. The first-order valence-corrected chi connectivity index (χ1v) is 5.96. The van der Waals surface area contributed by atoms with Gasteiger partial charge in [0.25, 0.3) is 0 Å². The third-order valence-corrected chi connectivity index (χ3v) is 3.38. The van der Waals surface area contributed by atoms with Crippen molar-refractivity contribution in [1.82, 2.24) is 0 Å². The minimum Gasteiger partial charge on any atom is -0.396 e. The minimum absolute atomic E-state index is 0.0151. The number of aliphatic hydroxyl groups is 1. The van der Waals surface area contributed by atoms with E-state index in [9.17, 15) is 5.11 Å². The lowest BCUT2D eigenvalue weighted by molar-refractivity contribution is 0.159. The van der Waals surface area contributed by atoms with Crippen molar-refractivity contribution in [3.8, 4) is 0 Å². The summed E-state index contributed by atoms with van der Waals surface area (Å²) in [7, 11) is 2.14. The second-order valence-electron chi connectivity index (χ2n) is 5.63. The Bertz CT molecular complexity index is 384. The normalized spacial score (nSPS) is 15.4. The van der Waals surface area contributed by atoms with Crippen LogP contribution >= 0.6 is 0 Å². The third kappa shape index (κ3) is 2.22. The number of anilines is 1. The van der Waals surface area contributed by atoms with Crippen LogP contribution in [0.4, 0.5) is 5.69 Å². The molecule has 0 atom stereocenters. The molecule has 2 heteroatoms. The Morgan fingerprint density at radius 1 is 1.38 bits per heavy atom. The van der Waals surface area contributed by atoms with Crippen LogP contribution in [-0.2, 0) is 12.8 Å². The lowest BCUT2D eigenvalue weighted by atomic mass is 9.86. The van der Waals surface area contributed by atoms with Gasteiger partial charge in [-0.1, -0.05) is 26.0 Å². The first-order valence-electron chi connectivity index (χ1n) is 5.96. The number of aliphatic hydroxyl groups excluding tert-OH is 1. The van der Waals surface area contributed by atoms with Crippen LogP contribution in [0.5, 0.6) is 0 Å². The Balaban J connectivity index is 2.20. The Morgan fingerprint density at radius 3 is 2.81 bits per heavy atom. The molecule has 1 aromatic carbocycles. The number of nitrogens with zero attached hydrogens (tertiary/aromatic N) is 1. The predicted octanol–water partition coefficient (Wildman–Crippen LogP) is 2.24. The van der Waals surface area contributed by atoms with Crippen LogP contribution < -0.4 is 4.90 Å². The molecular weight excluding hydrogens is 198 g/mol. The molecule has 0 saturated carbocycles. The van der Waals surface area contributed by atoms with Gasteiger partial charge in [0.05, 0.1) is 0 Å². The molecule has 0 aromatic heterocycles. The van der Waals surface area contributed by atoms with Crippen LogP contribution in [0.1, 0.15) is 25.0 Å². The maximum absolute atomic E-state index is 9.28. The maximum Gasteiger partial charge on any atom is 0.0485 e. The van der Waals surface area contributed by atoms with Gasteiger partial charge < -0.3 is 10.0 Å². The fraction of sp³-hybridized carbons (Fsp3) is 0.571. The highest BCUT2D eigenvalue weighted by atomic mass is 16.3.